The second kappa shape index (κ2) is 5.48. The fraction of sp³-hybridized carbons (Fsp3) is 1.00. The lowest BCUT2D eigenvalue weighted by molar-refractivity contribution is 0.236. The van der Waals surface area contributed by atoms with Crippen LogP contribution in [0.25, 0.3) is 0 Å². The molecular weight excluding hydrogens is 222 g/mol. The third-order valence-electron chi connectivity index (χ3n) is 4.89. The van der Waals surface area contributed by atoms with E-state index in [1.54, 1.807) is 0 Å². The van der Waals surface area contributed by atoms with E-state index in [4.69, 9.17) is 0 Å². The van der Waals surface area contributed by atoms with Gasteiger partial charge in [0, 0.05) is 37.8 Å². The predicted octanol–water partition coefficient (Wildman–Crippen LogP) is 1.54. The second-order valence-electron chi connectivity index (χ2n) is 6.93. The Bertz CT molecular complexity index is 275. The van der Waals surface area contributed by atoms with Gasteiger partial charge in [-0.15, -0.1) is 0 Å². The van der Waals surface area contributed by atoms with Gasteiger partial charge < -0.3 is 15.1 Å². The number of likely N-dealkylation sites (tertiary alicyclic amines) is 2. The van der Waals surface area contributed by atoms with Gasteiger partial charge >= 0.3 is 0 Å². The average molecular weight is 251 g/mol. The highest BCUT2D eigenvalue weighted by atomic mass is 15.2. The van der Waals surface area contributed by atoms with Crippen molar-refractivity contribution in [2.45, 2.75) is 57.7 Å². The van der Waals surface area contributed by atoms with Crippen LogP contribution in [0.3, 0.4) is 0 Å². The summed E-state index contributed by atoms with van der Waals surface area (Å²) in [6, 6.07) is 2.40. The third kappa shape index (κ3) is 3.25. The minimum atomic E-state index is 0.734. The van der Waals surface area contributed by atoms with Crippen molar-refractivity contribution >= 4 is 0 Å². The summed E-state index contributed by atoms with van der Waals surface area (Å²) < 4.78 is 0. The summed E-state index contributed by atoms with van der Waals surface area (Å²) in [5.74, 6) is 0.923. The standard InChI is InChI=1S/C15H29N3/c1-12(2)18-8-5-13(10-18)9-17-7-6-15(11-17)16-14-3-4-14/h12-16H,3-11H2,1-2H3. The van der Waals surface area contributed by atoms with Crippen LogP contribution >= 0.6 is 0 Å². The maximum absolute atomic E-state index is 3.78. The molecule has 2 unspecified atom stereocenters. The van der Waals surface area contributed by atoms with Gasteiger partial charge in [0.15, 0.2) is 0 Å². The van der Waals surface area contributed by atoms with Gasteiger partial charge in [-0.25, -0.2) is 0 Å². The molecule has 2 saturated heterocycles. The van der Waals surface area contributed by atoms with Crippen LogP contribution in [0.15, 0.2) is 0 Å². The fourth-order valence-electron chi connectivity index (χ4n) is 3.56. The smallest absolute Gasteiger partial charge is 0.0209 e. The first-order valence-electron chi connectivity index (χ1n) is 7.93. The van der Waals surface area contributed by atoms with Crippen LogP contribution in [0.5, 0.6) is 0 Å². The maximum atomic E-state index is 3.78. The van der Waals surface area contributed by atoms with Crippen LogP contribution in [0.2, 0.25) is 0 Å². The summed E-state index contributed by atoms with van der Waals surface area (Å²) in [6.07, 6.45) is 5.62. The van der Waals surface area contributed by atoms with Crippen molar-refractivity contribution in [3.63, 3.8) is 0 Å². The molecule has 1 N–H and O–H groups in total. The van der Waals surface area contributed by atoms with Gasteiger partial charge in [0.25, 0.3) is 0 Å². The summed E-state index contributed by atoms with van der Waals surface area (Å²) >= 11 is 0. The molecule has 1 saturated carbocycles. The van der Waals surface area contributed by atoms with Crippen molar-refractivity contribution in [2.24, 2.45) is 5.92 Å². The molecule has 3 fully saturated rings. The highest BCUT2D eigenvalue weighted by Gasteiger charge is 2.31. The molecule has 3 nitrogen and oxygen atoms in total. The Kier molecular flexibility index (Phi) is 3.92. The van der Waals surface area contributed by atoms with Gasteiger partial charge in [0.05, 0.1) is 0 Å². The minimum absolute atomic E-state index is 0.734. The van der Waals surface area contributed by atoms with Gasteiger partial charge in [-0.05, 0) is 58.5 Å². The Balaban J connectivity index is 1.38. The van der Waals surface area contributed by atoms with E-state index in [2.05, 4.69) is 29.0 Å². The number of nitrogens with zero attached hydrogens (tertiary/aromatic N) is 2. The predicted molar refractivity (Wildman–Crippen MR) is 75.8 cm³/mol. The molecule has 104 valence electrons. The Hall–Kier alpha value is -0.120. The van der Waals surface area contributed by atoms with Gasteiger partial charge in [0.1, 0.15) is 0 Å². The van der Waals surface area contributed by atoms with Crippen LogP contribution in [0.4, 0.5) is 0 Å². The molecule has 1 aliphatic carbocycles. The van der Waals surface area contributed by atoms with Crippen LogP contribution in [0.1, 0.15) is 39.5 Å². The third-order valence-corrected chi connectivity index (χ3v) is 4.89. The zero-order chi connectivity index (χ0) is 12.5. The maximum Gasteiger partial charge on any atom is 0.0209 e. The number of rotatable bonds is 5. The Labute approximate surface area is 112 Å². The summed E-state index contributed by atoms with van der Waals surface area (Å²) in [6.45, 7) is 11.3. The first-order valence-corrected chi connectivity index (χ1v) is 7.93. The van der Waals surface area contributed by atoms with Gasteiger partial charge in [-0.3, -0.25) is 0 Å². The largest absolute Gasteiger partial charge is 0.310 e. The molecule has 0 aromatic heterocycles. The monoisotopic (exact) mass is 251 g/mol. The normalized spacial score (nSPS) is 34.8. The van der Waals surface area contributed by atoms with E-state index in [-0.39, 0.29) is 0 Å². The van der Waals surface area contributed by atoms with Crippen molar-refractivity contribution in [3.05, 3.63) is 0 Å². The van der Waals surface area contributed by atoms with E-state index in [0.29, 0.717) is 0 Å². The first kappa shape index (κ1) is 12.9. The number of hydrogen-bond donors (Lipinski definition) is 1. The Morgan fingerprint density at radius 3 is 2.50 bits per heavy atom. The van der Waals surface area contributed by atoms with Gasteiger partial charge in [-0.1, -0.05) is 0 Å². The van der Waals surface area contributed by atoms with Crippen molar-refractivity contribution in [1.82, 2.24) is 15.1 Å². The highest BCUT2D eigenvalue weighted by Crippen LogP contribution is 2.24. The topological polar surface area (TPSA) is 18.5 Å². The SMILES string of the molecule is CC(C)N1CCC(CN2CCC(NC3CC3)C2)C1. The molecule has 0 aromatic carbocycles. The second-order valence-corrected chi connectivity index (χ2v) is 6.93. The number of hydrogen-bond acceptors (Lipinski definition) is 3. The molecule has 0 bridgehead atoms. The van der Waals surface area contributed by atoms with E-state index >= 15 is 0 Å². The van der Waals surface area contributed by atoms with Gasteiger partial charge in [0.2, 0.25) is 0 Å². The molecule has 2 aliphatic heterocycles. The zero-order valence-electron chi connectivity index (χ0n) is 12.1. The van der Waals surface area contributed by atoms with E-state index in [9.17, 15) is 0 Å². The molecule has 2 atom stereocenters. The average Bonchev–Trinajstić information content (AvgIpc) is 2.85. The van der Waals surface area contributed by atoms with Crippen LogP contribution in [-0.2, 0) is 0 Å². The van der Waals surface area contributed by atoms with E-state index in [0.717, 1.165) is 24.0 Å². The molecule has 18 heavy (non-hydrogen) atoms. The lowest BCUT2D eigenvalue weighted by atomic mass is 10.1. The van der Waals surface area contributed by atoms with E-state index < -0.39 is 0 Å². The molecule has 0 radical (unpaired) electrons. The summed E-state index contributed by atoms with van der Waals surface area (Å²) in [7, 11) is 0. The quantitative estimate of drug-likeness (QED) is 0.800. The van der Waals surface area contributed by atoms with Crippen molar-refractivity contribution in [3.8, 4) is 0 Å². The molecule has 3 aliphatic rings. The molecule has 0 aromatic rings. The summed E-state index contributed by atoms with van der Waals surface area (Å²) in [5.41, 5.74) is 0. The molecule has 3 heteroatoms. The van der Waals surface area contributed by atoms with E-state index in [1.807, 2.05) is 0 Å². The lowest BCUT2D eigenvalue weighted by Crippen LogP contribution is -2.36. The van der Waals surface area contributed by atoms with Crippen LogP contribution in [-0.4, -0.2) is 60.6 Å². The lowest BCUT2D eigenvalue weighted by Gasteiger charge is -2.23. The van der Waals surface area contributed by atoms with E-state index in [1.165, 1.54) is 58.4 Å². The minimum Gasteiger partial charge on any atom is -0.310 e. The summed E-state index contributed by atoms with van der Waals surface area (Å²) in [4.78, 5) is 5.34. The molecule has 2 heterocycles. The van der Waals surface area contributed by atoms with Crippen molar-refractivity contribution in [1.29, 1.82) is 0 Å². The Morgan fingerprint density at radius 2 is 1.83 bits per heavy atom. The highest BCUT2D eigenvalue weighted by molar-refractivity contribution is 4.90. The van der Waals surface area contributed by atoms with Gasteiger partial charge in [-0.2, -0.15) is 0 Å². The van der Waals surface area contributed by atoms with Crippen LogP contribution < -0.4 is 5.32 Å². The molecular formula is C15H29N3. The molecule has 0 amide bonds. The number of nitrogens with one attached hydrogen (secondary N) is 1. The van der Waals surface area contributed by atoms with Crippen molar-refractivity contribution in [2.75, 3.05) is 32.7 Å². The van der Waals surface area contributed by atoms with Crippen LogP contribution in [0, 0.1) is 5.92 Å². The zero-order valence-corrected chi connectivity index (χ0v) is 12.1. The molecule has 3 rings (SSSR count). The summed E-state index contributed by atoms with van der Waals surface area (Å²) in [5, 5.41) is 3.78. The Morgan fingerprint density at radius 1 is 1.00 bits per heavy atom. The molecule has 0 spiro atoms. The fourth-order valence-corrected chi connectivity index (χ4v) is 3.56. The first-order chi connectivity index (χ1) is 8.70. The van der Waals surface area contributed by atoms with Crippen molar-refractivity contribution < 1.29 is 0 Å².